The van der Waals surface area contributed by atoms with Crippen molar-refractivity contribution in [2.24, 2.45) is 0 Å². The number of carbonyl (C=O) groups excluding carboxylic acids is 2. The predicted octanol–water partition coefficient (Wildman–Crippen LogP) is 4.05. The molecule has 0 radical (unpaired) electrons. The van der Waals surface area contributed by atoms with Gasteiger partial charge in [0.1, 0.15) is 22.4 Å². The number of hydrogen-bond donors (Lipinski definition) is 2. The highest BCUT2D eigenvalue weighted by molar-refractivity contribution is 8.26. The van der Waals surface area contributed by atoms with E-state index < -0.39 is 18.4 Å². The Balaban J connectivity index is 1.67. The molecule has 1 aromatic carbocycles. The molecule has 2 heterocycles. The molecule has 0 bridgehead atoms. The number of rotatable bonds is 7. The molecule has 0 saturated carbocycles. The summed E-state index contributed by atoms with van der Waals surface area (Å²) in [6.07, 6.45) is 1.51. The third kappa shape index (κ3) is 5.42. The van der Waals surface area contributed by atoms with Crippen molar-refractivity contribution < 1.29 is 23.9 Å². The quantitative estimate of drug-likeness (QED) is 0.451. The number of carboxylic acids is 1. The lowest BCUT2D eigenvalue weighted by atomic mass is 10.2. The molecule has 7 nitrogen and oxygen atoms in total. The van der Waals surface area contributed by atoms with Crippen LogP contribution in [0.1, 0.15) is 12.2 Å². The summed E-state index contributed by atoms with van der Waals surface area (Å²) in [7, 11) is 0. The van der Waals surface area contributed by atoms with E-state index >= 15 is 0 Å². The van der Waals surface area contributed by atoms with Gasteiger partial charge >= 0.3 is 5.97 Å². The molecule has 1 aliphatic heterocycles. The molecule has 2 N–H and O–H groups in total. The van der Waals surface area contributed by atoms with Crippen molar-refractivity contribution >= 4 is 75.4 Å². The number of halogens is 2. The first-order chi connectivity index (χ1) is 14.2. The van der Waals surface area contributed by atoms with Crippen LogP contribution in [0.4, 0.5) is 0 Å². The van der Waals surface area contributed by atoms with Crippen LogP contribution in [-0.2, 0) is 14.4 Å². The lowest BCUT2D eigenvalue weighted by Gasteiger charge is -2.13. The van der Waals surface area contributed by atoms with Crippen LogP contribution in [0.5, 0.6) is 0 Å². The summed E-state index contributed by atoms with van der Waals surface area (Å²) < 4.78 is 6.09. The van der Waals surface area contributed by atoms with Crippen LogP contribution in [0, 0.1) is 0 Å². The second-order valence-corrected chi connectivity index (χ2v) is 8.57. The minimum atomic E-state index is -1.14. The Morgan fingerprint density at radius 1 is 1.23 bits per heavy atom. The highest BCUT2D eigenvalue weighted by Crippen LogP contribution is 2.34. The number of nitrogens with zero attached hydrogens (tertiary/aromatic N) is 1. The minimum Gasteiger partial charge on any atom is -0.480 e. The van der Waals surface area contributed by atoms with Crippen molar-refractivity contribution in [1.82, 2.24) is 10.2 Å². The summed E-state index contributed by atoms with van der Waals surface area (Å²) in [6.45, 7) is -0.420. The fourth-order valence-electron chi connectivity index (χ4n) is 2.53. The molecule has 1 saturated heterocycles. The van der Waals surface area contributed by atoms with Gasteiger partial charge in [-0.25, -0.2) is 0 Å². The lowest BCUT2D eigenvalue weighted by Crippen LogP contribution is -2.35. The van der Waals surface area contributed by atoms with Gasteiger partial charge in [-0.1, -0.05) is 47.2 Å². The van der Waals surface area contributed by atoms with Gasteiger partial charge in [0.25, 0.3) is 5.91 Å². The minimum absolute atomic E-state index is 0.0557. The van der Waals surface area contributed by atoms with E-state index in [9.17, 15) is 14.4 Å². The maximum absolute atomic E-state index is 12.6. The first-order valence-corrected chi connectivity index (χ1v) is 10.5. The highest BCUT2D eigenvalue weighted by Gasteiger charge is 2.32. The smallest absolute Gasteiger partial charge is 0.322 e. The van der Waals surface area contributed by atoms with Gasteiger partial charge in [0.05, 0.1) is 15.0 Å². The molecule has 1 aromatic heterocycles. The fourth-order valence-corrected chi connectivity index (χ4v) is 4.12. The van der Waals surface area contributed by atoms with Crippen molar-refractivity contribution in [2.45, 2.75) is 6.42 Å². The van der Waals surface area contributed by atoms with Crippen molar-refractivity contribution in [2.75, 3.05) is 13.1 Å². The number of thioether (sulfide) groups is 1. The number of amides is 2. The molecule has 2 amide bonds. The molecule has 0 unspecified atom stereocenters. The van der Waals surface area contributed by atoms with E-state index in [1.165, 1.54) is 4.90 Å². The van der Waals surface area contributed by atoms with Crippen LogP contribution in [-0.4, -0.2) is 45.2 Å². The van der Waals surface area contributed by atoms with E-state index in [4.69, 9.17) is 44.9 Å². The summed E-state index contributed by atoms with van der Waals surface area (Å²) >= 11 is 18.3. The van der Waals surface area contributed by atoms with Gasteiger partial charge in [-0.05, 0) is 30.3 Å². The maximum atomic E-state index is 12.6. The highest BCUT2D eigenvalue weighted by atomic mass is 35.5. The normalized spacial score (nSPS) is 15.1. The molecule has 0 spiro atoms. The summed E-state index contributed by atoms with van der Waals surface area (Å²) in [5.41, 5.74) is 0.740. The topological polar surface area (TPSA) is 99.9 Å². The van der Waals surface area contributed by atoms with Crippen LogP contribution < -0.4 is 5.32 Å². The molecule has 2 aromatic rings. The zero-order chi connectivity index (χ0) is 21.8. The van der Waals surface area contributed by atoms with E-state index in [-0.39, 0.29) is 18.9 Å². The van der Waals surface area contributed by atoms with Gasteiger partial charge in [0, 0.05) is 24.6 Å². The second kappa shape index (κ2) is 9.65. The largest absolute Gasteiger partial charge is 0.480 e. The SMILES string of the molecule is O=C(O)CNC(=O)CCN1C(=O)/C(=C/c2ccc(-c3ccc(Cl)c(Cl)c3)o2)SC1=S. The van der Waals surface area contributed by atoms with E-state index in [2.05, 4.69) is 5.32 Å². The zero-order valence-electron chi connectivity index (χ0n) is 15.2. The third-order valence-corrected chi connectivity index (χ3v) is 6.09. The molecule has 11 heteroatoms. The van der Waals surface area contributed by atoms with Crippen molar-refractivity contribution in [1.29, 1.82) is 0 Å². The number of carboxylic acid groups (broad SMARTS) is 1. The number of thiocarbonyl (C=S) groups is 1. The van der Waals surface area contributed by atoms with Crippen LogP contribution >= 0.6 is 47.2 Å². The lowest BCUT2D eigenvalue weighted by molar-refractivity contribution is -0.138. The van der Waals surface area contributed by atoms with Gasteiger partial charge in [-0.3, -0.25) is 19.3 Å². The molecule has 1 aliphatic rings. The van der Waals surface area contributed by atoms with Crippen LogP contribution in [0.25, 0.3) is 17.4 Å². The van der Waals surface area contributed by atoms with Crippen molar-refractivity contribution in [3.05, 3.63) is 51.0 Å². The van der Waals surface area contributed by atoms with Crippen LogP contribution in [0.3, 0.4) is 0 Å². The molecule has 30 heavy (non-hydrogen) atoms. The Kier molecular flexibility index (Phi) is 7.19. The molecule has 1 fully saturated rings. The maximum Gasteiger partial charge on any atom is 0.322 e. The van der Waals surface area contributed by atoms with E-state index in [0.29, 0.717) is 30.8 Å². The van der Waals surface area contributed by atoms with Gasteiger partial charge < -0.3 is 14.8 Å². The van der Waals surface area contributed by atoms with Gasteiger partial charge in [-0.2, -0.15) is 0 Å². The molecule has 0 aliphatic carbocycles. The molecular weight excluding hydrogens is 471 g/mol. The standard InChI is InChI=1S/C19H14Cl2N2O5S2/c20-12-3-1-10(7-13(12)21)14-4-2-11(28-14)8-15-18(27)23(19(29)30-15)6-5-16(24)22-9-17(25)26/h1-4,7-8H,5-6,9H2,(H,22,24)(H,25,26)/b15-8-. The van der Waals surface area contributed by atoms with Gasteiger partial charge in [-0.15, -0.1) is 0 Å². The molecule has 3 rings (SSSR count). The predicted molar refractivity (Wildman–Crippen MR) is 119 cm³/mol. The first kappa shape index (κ1) is 22.4. The number of benzene rings is 1. The number of carbonyl (C=O) groups is 3. The Morgan fingerprint density at radius 3 is 2.70 bits per heavy atom. The molecule has 0 atom stereocenters. The average Bonchev–Trinajstić information content (AvgIpc) is 3.26. The first-order valence-electron chi connectivity index (χ1n) is 8.53. The van der Waals surface area contributed by atoms with Crippen molar-refractivity contribution in [3.8, 4) is 11.3 Å². The fraction of sp³-hybridized carbons (Fsp3) is 0.158. The molecular formula is C19H14Cl2N2O5S2. The molecule has 156 valence electrons. The Bertz CT molecular complexity index is 1070. The van der Waals surface area contributed by atoms with Crippen LogP contribution in [0.15, 0.2) is 39.7 Å². The second-order valence-electron chi connectivity index (χ2n) is 6.08. The summed E-state index contributed by atoms with van der Waals surface area (Å²) in [4.78, 5) is 36.4. The van der Waals surface area contributed by atoms with E-state index in [0.717, 1.165) is 17.3 Å². The van der Waals surface area contributed by atoms with Crippen molar-refractivity contribution in [3.63, 3.8) is 0 Å². The number of aliphatic carboxylic acids is 1. The van der Waals surface area contributed by atoms with Gasteiger partial charge in [0.2, 0.25) is 5.91 Å². The van der Waals surface area contributed by atoms with Gasteiger partial charge in [0.15, 0.2) is 0 Å². The Hall–Kier alpha value is -2.33. The van der Waals surface area contributed by atoms with E-state index in [1.54, 1.807) is 36.4 Å². The summed E-state index contributed by atoms with van der Waals surface area (Å²) in [5, 5.41) is 11.6. The Morgan fingerprint density at radius 2 is 2.00 bits per heavy atom. The zero-order valence-corrected chi connectivity index (χ0v) is 18.3. The average molecular weight is 485 g/mol. The third-order valence-electron chi connectivity index (χ3n) is 3.98. The number of nitrogens with one attached hydrogen (secondary N) is 1. The number of furan rings is 1. The summed E-state index contributed by atoms with van der Waals surface area (Å²) in [6, 6.07) is 8.58. The van der Waals surface area contributed by atoms with E-state index in [1.807, 2.05) is 0 Å². The van der Waals surface area contributed by atoms with Crippen LogP contribution in [0.2, 0.25) is 10.0 Å². The number of hydrogen-bond acceptors (Lipinski definition) is 6. The summed E-state index contributed by atoms with van der Waals surface area (Å²) in [5.74, 6) is -0.951. The monoisotopic (exact) mass is 484 g/mol. The Labute approximate surface area is 191 Å².